The molecule has 1 saturated heterocycles. The fraction of sp³-hybridized carbons (Fsp3) is 0.455. The maximum Gasteiger partial charge on any atom is 0.0490 e. The van der Waals surface area contributed by atoms with Gasteiger partial charge in [0, 0.05) is 12.6 Å². The van der Waals surface area contributed by atoms with Crippen molar-refractivity contribution in [2.24, 2.45) is 5.84 Å². The second-order valence-corrected chi connectivity index (χ2v) is 3.66. The molecule has 1 heterocycles. The number of nitrogens with two attached hydrogens (primary N) is 1. The summed E-state index contributed by atoms with van der Waals surface area (Å²) >= 11 is 0. The van der Waals surface area contributed by atoms with E-state index in [2.05, 4.69) is 24.3 Å². The average molecular weight is 176 g/mol. The van der Waals surface area contributed by atoms with Gasteiger partial charge >= 0.3 is 0 Å². The van der Waals surface area contributed by atoms with Crippen LogP contribution in [0.15, 0.2) is 30.3 Å². The second-order valence-electron chi connectivity index (χ2n) is 3.66. The maximum absolute atomic E-state index is 5.94. The van der Waals surface area contributed by atoms with E-state index in [0.29, 0.717) is 6.04 Å². The molecule has 0 bridgehead atoms. The number of nitrogens with zero attached hydrogens (tertiary/aromatic N) is 1. The van der Waals surface area contributed by atoms with E-state index in [1.165, 1.54) is 24.8 Å². The van der Waals surface area contributed by atoms with Crippen molar-refractivity contribution in [3.8, 4) is 0 Å². The summed E-state index contributed by atoms with van der Waals surface area (Å²) in [5.41, 5.74) is 1.35. The standard InChI is InChI=1S/C11H16N2/c12-13-9-5-4-8-11(13)10-6-2-1-3-7-10/h1-3,6-7,11H,4-5,8-9,12H2/t11-/m1/s1. The molecule has 1 aromatic carbocycles. The first-order valence-corrected chi connectivity index (χ1v) is 4.94. The van der Waals surface area contributed by atoms with Gasteiger partial charge in [-0.3, -0.25) is 5.84 Å². The van der Waals surface area contributed by atoms with Crippen LogP contribution in [0.25, 0.3) is 0 Å². The zero-order valence-electron chi connectivity index (χ0n) is 7.82. The van der Waals surface area contributed by atoms with Crippen LogP contribution in [0.5, 0.6) is 0 Å². The molecule has 1 atom stereocenters. The van der Waals surface area contributed by atoms with Crippen LogP contribution in [0.4, 0.5) is 0 Å². The van der Waals surface area contributed by atoms with Crippen molar-refractivity contribution >= 4 is 0 Å². The first-order chi connectivity index (χ1) is 6.38. The summed E-state index contributed by atoms with van der Waals surface area (Å²) in [6, 6.07) is 11.0. The summed E-state index contributed by atoms with van der Waals surface area (Å²) in [6.07, 6.45) is 3.73. The topological polar surface area (TPSA) is 29.3 Å². The molecule has 0 amide bonds. The van der Waals surface area contributed by atoms with Crippen LogP contribution in [0.3, 0.4) is 0 Å². The van der Waals surface area contributed by atoms with Gasteiger partial charge in [-0.2, -0.15) is 0 Å². The molecular formula is C11H16N2. The third-order valence-electron chi connectivity index (χ3n) is 2.73. The number of hydrogen-bond acceptors (Lipinski definition) is 2. The molecule has 0 radical (unpaired) electrons. The molecule has 0 saturated carbocycles. The van der Waals surface area contributed by atoms with Crippen molar-refractivity contribution in [2.45, 2.75) is 25.3 Å². The zero-order chi connectivity index (χ0) is 9.10. The molecule has 1 fully saturated rings. The van der Waals surface area contributed by atoms with E-state index in [9.17, 15) is 0 Å². The Balaban J connectivity index is 2.15. The van der Waals surface area contributed by atoms with Crippen LogP contribution in [-0.4, -0.2) is 11.6 Å². The Kier molecular flexibility index (Phi) is 2.62. The summed E-state index contributed by atoms with van der Waals surface area (Å²) in [7, 11) is 0. The minimum atomic E-state index is 0.440. The number of hydrazine groups is 1. The van der Waals surface area contributed by atoms with Crippen molar-refractivity contribution in [1.82, 2.24) is 5.01 Å². The van der Waals surface area contributed by atoms with Crippen molar-refractivity contribution in [3.05, 3.63) is 35.9 Å². The fourth-order valence-corrected chi connectivity index (χ4v) is 1.99. The van der Waals surface area contributed by atoms with Crippen LogP contribution < -0.4 is 5.84 Å². The van der Waals surface area contributed by atoms with Crippen molar-refractivity contribution in [3.63, 3.8) is 0 Å². The normalized spacial score (nSPS) is 24.5. The van der Waals surface area contributed by atoms with Crippen LogP contribution in [0.1, 0.15) is 30.9 Å². The Morgan fingerprint density at radius 1 is 1.15 bits per heavy atom. The van der Waals surface area contributed by atoms with Crippen molar-refractivity contribution in [1.29, 1.82) is 0 Å². The lowest BCUT2D eigenvalue weighted by atomic mass is 9.97. The molecule has 0 aromatic heterocycles. The minimum absolute atomic E-state index is 0.440. The predicted molar refractivity (Wildman–Crippen MR) is 53.9 cm³/mol. The minimum Gasteiger partial charge on any atom is -0.268 e. The lowest BCUT2D eigenvalue weighted by molar-refractivity contribution is 0.151. The van der Waals surface area contributed by atoms with Gasteiger partial charge in [0.05, 0.1) is 0 Å². The summed E-state index contributed by atoms with van der Waals surface area (Å²) in [4.78, 5) is 0. The van der Waals surface area contributed by atoms with E-state index < -0.39 is 0 Å². The highest BCUT2D eigenvalue weighted by molar-refractivity contribution is 5.19. The van der Waals surface area contributed by atoms with Crippen LogP contribution in [-0.2, 0) is 0 Å². The van der Waals surface area contributed by atoms with Gasteiger partial charge in [-0.25, -0.2) is 5.01 Å². The fourth-order valence-electron chi connectivity index (χ4n) is 1.99. The lowest BCUT2D eigenvalue weighted by Gasteiger charge is -2.32. The first-order valence-electron chi connectivity index (χ1n) is 4.94. The number of piperidine rings is 1. The molecule has 2 nitrogen and oxygen atoms in total. The molecule has 2 rings (SSSR count). The third kappa shape index (κ3) is 1.90. The lowest BCUT2D eigenvalue weighted by Crippen LogP contribution is -2.38. The van der Waals surface area contributed by atoms with Gasteiger partial charge in [-0.15, -0.1) is 0 Å². The van der Waals surface area contributed by atoms with Crippen LogP contribution in [0, 0.1) is 0 Å². The second kappa shape index (κ2) is 3.90. The Hall–Kier alpha value is -0.860. The summed E-state index contributed by atoms with van der Waals surface area (Å²) < 4.78 is 0. The highest BCUT2D eigenvalue weighted by atomic mass is 15.4. The molecule has 0 aliphatic carbocycles. The first kappa shape index (κ1) is 8.73. The summed E-state index contributed by atoms with van der Waals surface area (Å²) in [5.74, 6) is 5.94. The molecule has 0 spiro atoms. The molecule has 0 unspecified atom stereocenters. The molecule has 2 N–H and O–H groups in total. The van der Waals surface area contributed by atoms with E-state index in [-0.39, 0.29) is 0 Å². The van der Waals surface area contributed by atoms with E-state index in [0.717, 1.165) is 6.54 Å². The van der Waals surface area contributed by atoms with Crippen LogP contribution in [0.2, 0.25) is 0 Å². The van der Waals surface area contributed by atoms with Crippen molar-refractivity contribution < 1.29 is 0 Å². The Labute approximate surface area is 79.3 Å². The predicted octanol–water partition coefficient (Wildman–Crippen LogP) is 2.09. The molecule has 1 aliphatic rings. The molecule has 70 valence electrons. The van der Waals surface area contributed by atoms with Crippen molar-refractivity contribution in [2.75, 3.05) is 6.54 Å². The van der Waals surface area contributed by atoms with Gasteiger partial charge in [0.1, 0.15) is 0 Å². The van der Waals surface area contributed by atoms with Gasteiger partial charge in [0.25, 0.3) is 0 Å². The van der Waals surface area contributed by atoms with Gasteiger partial charge in [-0.05, 0) is 18.4 Å². The van der Waals surface area contributed by atoms with E-state index in [4.69, 9.17) is 5.84 Å². The zero-order valence-corrected chi connectivity index (χ0v) is 7.82. The van der Waals surface area contributed by atoms with E-state index >= 15 is 0 Å². The Bertz CT molecular complexity index is 258. The summed E-state index contributed by atoms with van der Waals surface area (Å²) in [5, 5.41) is 1.97. The SMILES string of the molecule is NN1CCCC[C@@H]1c1ccccc1. The largest absolute Gasteiger partial charge is 0.268 e. The van der Waals surface area contributed by atoms with E-state index in [1.54, 1.807) is 0 Å². The molecule has 2 heteroatoms. The van der Waals surface area contributed by atoms with Gasteiger partial charge in [0.15, 0.2) is 0 Å². The third-order valence-corrected chi connectivity index (χ3v) is 2.73. The molecular weight excluding hydrogens is 160 g/mol. The quantitative estimate of drug-likeness (QED) is 0.664. The number of hydrogen-bond donors (Lipinski definition) is 1. The molecule has 1 aliphatic heterocycles. The number of benzene rings is 1. The monoisotopic (exact) mass is 176 g/mol. The molecule has 1 aromatic rings. The number of rotatable bonds is 1. The maximum atomic E-state index is 5.94. The smallest absolute Gasteiger partial charge is 0.0490 e. The molecule has 13 heavy (non-hydrogen) atoms. The average Bonchev–Trinajstić information content (AvgIpc) is 2.20. The van der Waals surface area contributed by atoms with Crippen LogP contribution >= 0.6 is 0 Å². The Morgan fingerprint density at radius 3 is 2.62 bits per heavy atom. The Morgan fingerprint density at radius 2 is 1.92 bits per heavy atom. The van der Waals surface area contributed by atoms with Gasteiger partial charge < -0.3 is 0 Å². The highest BCUT2D eigenvalue weighted by Crippen LogP contribution is 2.27. The highest BCUT2D eigenvalue weighted by Gasteiger charge is 2.20. The van der Waals surface area contributed by atoms with Gasteiger partial charge in [-0.1, -0.05) is 36.8 Å². The summed E-state index contributed by atoms with van der Waals surface area (Å²) in [6.45, 7) is 1.03. The van der Waals surface area contributed by atoms with Gasteiger partial charge in [0.2, 0.25) is 0 Å². The van der Waals surface area contributed by atoms with E-state index in [1.807, 2.05) is 11.1 Å².